The van der Waals surface area contributed by atoms with Gasteiger partial charge in [0.2, 0.25) is 0 Å². The molecule has 0 saturated heterocycles. The number of anilines is 4. The predicted molar refractivity (Wildman–Crippen MR) is 326 cm³/mol. The zero-order chi connectivity index (χ0) is 60.6. The van der Waals surface area contributed by atoms with E-state index in [0.29, 0.717) is 50.9 Å². The highest BCUT2D eigenvalue weighted by atomic mass is 32.2. The van der Waals surface area contributed by atoms with Crippen LogP contribution in [0.15, 0.2) is 149 Å². The molecule has 0 bridgehead atoms. The monoisotopic (exact) mass is 1180 g/mol. The molecule has 6 N–H and O–H groups in total. The number of allylic oxidation sites excluding steroid dienone is 2. The fourth-order valence-electron chi connectivity index (χ4n) is 10.1. The lowest BCUT2D eigenvalue weighted by Crippen LogP contribution is -2.34. The third-order valence-corrected chi connectivity index (χ3v) is 17.1. The van der Waals surface area contributed by atoms with Gasteiger partial charge in [0.15, 0.2) is 19.7 Å². The average molecular weight is 1180 g/mol. The van der Waals surface area contributed by atoms with Crippen molar-refractivity contribution in [3.05, 3.63) is 184 Å². The number of aliphatic carboxylic acids is 2. The van der Waals surface area contributed by atoms with Crippen LogP contribution in [0.25, 0.3) is 5.57 Å². The average Bonchev–Trinajstić information content (AvgIpc) is 3.57. The van der Waals surface area contributed by atoms with E-state index in [1.54, 1.807) is 96.4 Å². The van der Waals surface area contributed by atoms with Crippen molar-refractivity contribution in [2.45, 2.75) is 113 Å². The number of aryl methyl sites for hydroxylation is 2. The summed E-state index contributed by atoms with van der Waals surface area (Å²) >= 11 is 0. The molecule has 18 nitrogen and oxygen atoms in total. The van der Waals surface area contributed by atoms with Crippen molar-refractivity contribution < 1.29 is 55.8 Å². The fraction of sp³-hybridized carbons (Fsp3) is 0.312. The summed E-state index contributed by atoms with van der Waals surface area (Å²) in [6.45, 7) is 3.84. The number of carboxylic acid groups (broad SMARTS) is 2. The molecule has 0 spiro atoms. The van der Waals surface area contributed by atoms with Crippen LogP contribution in [0.5, 0.6) is 0 Å². The van der Waals surface area contributed by atoms with Crippen LogP contribution in [0.4, 0.5) is 32.3 Å². The highest BCUT2D eigenvalue weighted by Gasteiger charge is 2.23. The smallest absolute Gasteiger partial charge is 0.326 e. The third kappa shape index (κ3) is 18.2. The van der Waals surface area contributed by atoms with Crippen molar-refractivity contribution >= 4 is 83.8 Å². The number of amides is 6. The maximum absolute atomic E-state index is 13.7. The number of hydrogen-bond donors (Lipinski definition) is 6. The number of urea groups is 2. The van der Waals surface area contributed by atoms with Gasteiger partial charge in [-0.1, -0.05) is 86.0 Å². The van der Waals surface area contributed by atoms with E-state index in [0.717, 1.165) is 61.3 Å². The second-order valence-electron chi connectivity index (χ2n) is 21.2. The Morgan fingerprint density at radius 3 is 1.35 bits per heavy atom. The SMILES string of the molecule is Cc1ccc(NC(=O)N(Cc2ccc(C(=O)NCCC(=O)O)cc2)c2ccc(C3=CCCCC3)cc2)cc1S(C)(=O)=O.Cc1ccc(NC(=O)N(Cc2ccc(C(=O)NCCC(=O)O)cc2)c2ccc(C3CCCCC3)cc2)cc1S(C)(=O)=O. The van der Waals surface area contributed by atoms with Gasteiger partial charge < -0.3 is 31.5 Å². The van der Waals surface area contributed by atoms with Crippen LogP contribution in [0.2, 0.25) is 0 Å². The molecular weight excluding hydrogens is 1110 g/mol. The molecule has 8 rings (SSSR count). The van der Waals surface area contributed by atoms with Crippen molar-refractivity contribution in [2.24, 2.45) is 0 Å². The topological polar surface area (TPSA) is 266 Å². The molecule has 6 aromatic rings. The lowest BCUT2D eigenvalue weighted by atomic mass is 9.84. The molecule has 6 aromatic carbocycles. The largest absolute Gasteiger partial charge is 0.481 e. The summed E-state index contributed by atoms with van der Waals surface area (Å²) in [4.78, 5) is 76.9. The molecule has 1 fully saturated rings. The van der Waals surface area contributed by atoms with E-state index in [-0.39, 0.29) is 60.6 Å². The maximum atomic E-state index is 13.7. The van der Waals surface area contributed by atoms with E-state index < -0.39 is 43.7 Å². The van der Waals surface area contributed by atoms with Crippen LogP contribution in [0, 0.1) is 13.8 Å². The lowest BCUT2D eigenvalue weighted by Gasteiger charge is -2.26. The Hall–Kier alpha value is -8.62. The summed E-state index contributed by atoms with van der Waals surface area (Å²) in [5, 5.41) is 28.4. The van der Waals surface area contributed by atoms with Crippen molar-refractivity contribution in [2.75, 3.05) is 46.0 Å². The molecule has 442 valence electrons. The van der Waals surface area contributed by atoms with Crippen LogP contribution in [0.3, 0.4) is 0 Å². The first kappa shape index (κ1) is 63.0. The minimum Gasteiger partial charge on any atom is -0.481 e. The molecular formula is C64H72N6O12S2. The Balaban J connectivity index is 0.000000241. The van der Waals surface area contributed by atoms with Gasteiger partial charge in [0, 0.05) is 59.5 Å². The number of sulfone groups is 2. The third-order valence-electron chi connectivity index (χ3n) is 14.7. The van der Waals surface area contributed by atoms with E-state index in [9.17, 15) is 45.6 Å². The Morgan fingerprint density at radius 1 is 0.524 bits per heavy atom. The van der Waals surface area contributed by atoms with Crippen molar-refractivity contribution in [3.8, 4) is 0 Å². The molecule has 0 atom stereocenters. The first-order chi connectivity index (χ1) is 40.0. The first-order valence-corrected chi connectivity index (χ1v) is 31.7. The molecule has 20 heteroatoms. The Labute approximate surface area is 491 Å². The summed E-state index contributed by atoms with van der Waals surface area (Å²) in [6, 6.07) is 38.0. The molecule has 2 aliphatic carbocycles. The van der Waals surface area contributed by atoms with Crippen LogP contribution < -0.4 is 31.1 Å². The lowest BCUT2D eigenvalue weighted by molar-refractivity contribution is -0.137. The number of carboxylic acids is 2. The molecule has 2 aliphatic rings. The van der Waals surface area contributed by atoms with Gasteiger partial charge >= 0.3 is 24.0 Å². The van der Waals surface area contributed by atoms with Gasteiger partial charge in [-0.2, -0.15) is 0 Å². The van der Waals surface area contributed by atoms with E-state index in [4.69, 9.17) is 10.2 Å². The Bertz CT molecular complexity index is 3600. The molecule has 84 heavy (non-hydrogen) atoms. The second-order valence-corrected chi connectivity index (χ2v) is 25.1. The fourth-order valence-corrected chi connectivity index (χ4v) is 12.1. The predicted octanol–water partition coefficient (Wildman–Crippen LogP) is 11.7. The normalized spacial score (nSPS) is 13.5. The molecule has 0 unspecified atom stereocenters. The van der Waals surface area contributed by atoms with Crippen LogP contribution in [0.1, 0.15) is 131 Å². The summed E-state index contributed by atoms with van der Waals surface area (Å²) in [6.07, 6.45) is 14.7. The summed E-state index contributed by atoms with van der Waals surface area (Å²) in [7, 11) is -6.96. The van der Waals surface area contributed by atoms with E-state index in [2.05, 4.69) is 39.5 Å². The quantitative estimate of drug-likeness (QED) is 0.0417. The molecule has 0 aromatic heterocycles. The van der Waals surface area contributed by atoms with Crippen LogP contribution >= 0.6 is 0 Å². The number of rotatable bonds is 20. The van der Waals surface area contributed by atoms with Gasteiger partial charge in [0.25, 0.3) is 11.8 Å². The highest BCUT2D eigenvalue weighted by Crippen LogP contribution is 2.35. The summed E-state index contributed by atoms with van der Waals surface area (Å²) < 4.78 is 48.9. The number of nitrogens with one attached hydrogen (secondary N) is 4. The maximum Gasteiger partial charge on any atom is 0.326 e. The standard InChI is InChI=1S/C32H37N3O6S.C32H35N3O6S/c2*1-22-8-15-27(20-29(22)42(2,40)41)34-32(39)35(28-16-13-25(14-17-28)24-6-4-3-5-7-24)21-23-9-11-26(12-10-23)31(38)33-19-18-30(36)37/h8-17,20,24H,3-7,18-19,21H2,1-2H3,(H,33,38)(H,34,39)(H,36,37);6,8-17,20H,3-5,7,18-19,21H2,1-2H3,(H,33,38)(H,34,39)(H,36,37). The van der Waals surface area contributed by atoms with Gasteiger partial charge in [0.1, 0.15) is 0 Å². The highest BCUT2D eigenvalue weighted by molar-refractivity contribution is 7.91. The Kier molecular flexibility index (Phi) is 21.8. The van der Waals surface area contributed by atoms with Crippen molar-refractivity contribution in [1.82, 2.24) is 10.6 Å². The second kappa shape index (κ2) is 29.1. The van der Waals surface area contributed by atoms with E-state index in [1.807, 2.05) is 36.4 Å². The van der Waals surface area contributed by atoms with E-state index in [1.165, 1.54) is 49.0 Å². The molecule has 0 heterocycles. The first-order valence-electron chi connectivity index (χ1n) is 27.9. The molecule has 0 radical (unpaired) electrons. The van der Waals surface area contributed by atoms with E-state index >= 15 is 0 Å². The van der Waals surface area contributed by atoms with Gasteiger partial charge in [-0.15, -0.1) is 0 Å². The van der Waals surface area contributed by atoms with Crippen molar-refractivity contribution in [1.29, 1.82) is 0 Å². The van der Waals surface area contributed by atoms with Crippen LogP contribution in [-0.4, -0.2) is 88.5 Å². The number of hydrogen-bond acceptors (Lipinski definition) is 10. The zero-order valence-corrected chi connectivity index (χ0v) is 49.3. The molecule has 6 amide bonds. The summed E-state index contributed by atoms with van der Waals surface area (Å²) in [5.74, 6) is -2.23. The van der Waals surface area contributed by atoms with Gasteiger partial charge in [-0.3, -0.25) is 29.0 Å². The van der Waals surface area contributed by atoms with Gasteiger partial charge in [-0.25, -0.2) is 26.4 Å². The molecule has 1 saturated carbocycles. The minimum absolute atomic E-state index is 0.0246. The van der Waals surface area contributed by atoms with Crippen molar-refractivity contribution in [3.63, 3.8) is 0 Å². The minimum atomic E-state index is -3.48. The van der Waals surface area contributed by atoms with Crippen LogP contribution in [-0.2, 0) is 42.4 Å². The number of carbonyl (C=O) groups is 6. The number of carbonyl (C=O) groups excluding carboxylic acids is 4. The number of nitrogens with zero attached hydrogens (tertiary/aromatic N) is 2. The zero-order valence-electron chi connectivity index (χ0n) is 47.7. The summed E-state index contributed by atoms with van der Waals surface area (Å²) in [5.41, 5.74) is 9.19. The van der Waals surface area contributed by atoms with Gasteiger partial charge in [0.05, 0.1) is 35.7 Å². The molecule has 0 aliphatic heterocycles. The number of benzene rings is 6. The Morgan fingerprint density at radius 2 is 0.952 bits per heavy atom. The van der Waals surface area contributed by atoms with Gasteiger partial charge in [-0.05, 0) is 170 Å².